The Balaban J connectivity index is 2.29. The molecule has 0 radical (unpaired) electrons. The first-order valence-electron chi connectivity index (χ1n) is 5.70. The zero-order chi connectivity index (χ0) is 13.8. The third kappa shape index (κ3) is 3.09. The minimum absolute atomic E-state index is 0.222. The van der Waals surface area contributed by atoms with E-state index in [1.165, 1.54) is 0 Å². The highest BCUT2D eigenvalue weighted by Crippen LogP contribution is 2.30. The molecule has 0 aliphatic carbocycles. The number of alkyl halides is 1. The molecule has 19 heavy (non-hydrogen) atoms. The van der Waals surface area contributed by atoms with Crippen molar-refractivity contribution in [1.29, 1.82) is 0 Å². The number of ether oxygens (including phenoxy) is 1. The minimum Gasteiger partial charge on any atom is -0.497 e. The fourth-order valence-corrected chi connectivity index (χ4v) is 2.26. The molecule has 0 amide bonds. The molecule has 0 heterocycles. The summed E-state index contributed by atoms with van der Waals surface area (Å²) in [7, 11) is 1.54. The van der Waals surface area contributed by atoms with Crippen molar-refractivity contribution in [3.8, 4) is 5.75 Å². The standard InChI is InChI=1S/C15H12Cl2O2/c1-19-11-7-8-12(13(16)9-11)15(18)14(17)10-5-3-2-4-6-10/h2-9,14H,1H3. The molecule has 0 aromatic heterocycles. The molecule has 0 N–H and O–H groups in total. The Bertz CT molecular complexity index is 582. The van der Waals surface area contributed by atoms with Crippen LogP contribution in [0.4, 0.5) is 0 Å². The normalized spacial score (nSPS) is 11.9. The van der Waals surface area contributed by atoms with E-state index in [0.717, 1.165) is 5.56 Å². The highest BCUT2D eigenvalue weighted by atomic mass is 35.5. The van der Waals surface area contributed by atoms with E-state index in [-0.39, 0.29) is 5.78 Å². The number of hydrogen-bond acceptors (Lipinski definition) is 2. The van der Waals surface area contributed by atoms with E-state index in [1.54, 1.807) is 25.3 Å². The van der Waals surface area contributed by atoms with Gasteiger partial charge in [0.15, 0.2) is 5.78 Å². The minimum atomic E-state index is -0.743. The fourth-order valence-electron chi connectivity index (χ4n) is 1.73. The van der Waals surface area contributed by atoms with Gasteiger partial charge in [0.1, 0.15) is 11.1 Å². The van der Waals surface area contributed by atoms with Gasteiger partial charge in [0.2, 0.25) is 0 Å². The van der Waals surface area contributed by atoms with Gasteiger partial charge in [-0.2, -0.15) is 0 Å². The van der Waals surface area contributed by atoms with Crippen LogP contribution >= 0.6 is 23.2 Å². The van der Waals surface area contributed by atoms with Gasteiger partial charge in [-0.3, -0.25) is 4.79 Å². The number of carbonyl (C=O) groups excluding carboxylic acids is 1. The molecule has 2 nitrogen and oxygen atoms in total. The Labute approximate surface area is 121 Å². The van der Waals surface area contributed by atoms with E-state index in [2.05, 4.69) is 0 Å². The molecule has 2 rings (SSSR count). The molecule has 0 bridgehead atoms. The first kappa shape index (κ1) is 13.9. The lowest BCUT2D eigenvalue weighted by Gasteiger charge is -2.11. The second kappa shape index (κ2) is 6.09. The largest absolute Gasteiger partial charge is 0.497 e. The lowest BCUT2D eigenvalue weighted by Crippen LogP contribution is -2.08. The number of ketones is 1. The molecular weight excluding hydrogens is 283 g/mol. The molecule has 0 saturated carbocycles. The third-order valence-electron chi connectivity index (χ3n) is 2.76. The summed E-state index contributed by atoms with van der Waals surface area (Å²) in [6.07, 6.45) is 0. The third-order valence-corrected chi connectivity index (χ3v) is 3.53. The Morgan fingerprint density at radius 2 is 1.84 bits per heavy atom. The number of hydrogen-bond donors (Lipinski definition) is 0. The SMILES string of the molecule is COc1ccc(C(=O)C(Cl)c2ccccc2)c(Cl)c1. The molecule has 0 aliphatic rings. The van der Waals surface area contributed by atoms with E-state index in [1.807, 2.05) is 30.3 Å². The quantitative estimate of drug-likeness (QED) is 0.612. The van der Waals surface area contributed by atoms with Crippen LogP contribution in [0.5, 0.6) is 5.75 Å². The van der Waals surface area contributed by atoms with Crippen LogP contribution in [0.3, 0.4) is 0 Å². The van der Waals surface area contributed by atoms with E-state index < -0.39 is 5.38 Å². The number of halogens is 2. The second-order valence-corrected chi connectivity index (χ2v) is 4.83. The summed E-state index contributed by atoms with van der Waals surface area (Å²) in [6, 6.07) is 14.1. The molecule has 0 saturated heterocycles. The molecule has 0 aliphatic heterocycles. The Hall–Kier alpha value is -1.51. The van der Waals surface area contributed by atoms with Crippen molar-refractivity contribution in [2.45, 2.75) is 5.38 Å². The van der Waals surface area contributed by atoms with Crippen LogP contribution in [0.15, 0.2) is 48.5 Å². The van der Waals surface area contributed by atoms with Gasteiger partial charge in [-0.1, -0.05) is 41.9 Å². The topological polar surface area (TPSA) is 26.3 Å². The molecule has 2 aromatic rings. The number of carbonyl (C=O) groups is 1. The van der Waals surface area contributed by atoms with Crippen LogP contribution in [-0.2, 0) is 0 Å². The van der Waals surface area contributed by atoms with Crippen molar-refractivity contribution >= 4 is 29.0 Å². The molecule has 1 unspecified atom stereocenters. The van der Waals surface area contributed by atoms with Gasteiger partial charge < -0.3 is 4.74 Å². The predicted octanol–water partition coefficient (Wildman–Crippen LogP) is 4.51. The summed E-state index contributed by atoms with van der Waals surface area (Å²) in [5.74, 6) is 0.382. The molecule has 98 valence electrons. The first-order valence-corrected chi connectivity index (χ1v) is 6.51. The maximum Gasteiger partial charge on any atom is 0.186 e. The van der Waals surface area contributed by atoms with Crippen molar-refractivity contribution in [2.24, 2.45) is 0 Å². The average molecular weight is 295 g/mol. The summed E-state index contributed by atoms with van der Waals surface area (Å²) in [6.45, 7) is 0. The summed E-state index contributed by atoms with van der Waals surface area (Å²) >= 11 is 12.3. The number of rotatable bonds is 4. The molecular formula is C15H12Cl2O2. The van der Waals surface area contributed by atoms with E-state index in [4.69, 9.17) is 27.9 Å². The predicted molar refractivity (Wildman–Crippen MR) is 77.4 cm³/mol. The van der Waals surface area contributed by atoms with Gasteiger partial charge in [-0.05, 0) is 23.8 Å². The van der Waals surface area contributed by atoms with Gasteiger partial charge in [-0.25, -0.2) is 0 Å². The molecule has 4 heteroatoms. The van der Waals surface area contributed by atoms with E-state index >= 15 is 0 Å². The average Bonchev–Trinajstić information content (AvgIpc) is 2.46. The van der Waals surface area contributed by atoms with Crippen molar-refractivity contribution in [3.05, 3.63) is 64.7 Å². The van der Waals surface area contributed by atoms with Crippen LogP contribution < -0.4 is 4.74 Å². The Morgan fingerprint density at radius 3 is 2.42 bits per heavy atom. The second-order valence-electron chi connectivity index (χ2n) is 3.98. The highest BCUT2D eigenvalue weighted by molar-refractivity contribution is 6.39. The molecule has 1 atom stereocenters. The maximum atomic E-state index is 12.3. The lowest BCUT2D eigenvalue weighted by molar-refractivity contribution is 0.0987. The van der Waals surface area contributed by atoms with Crippen molar-refractivity contribution in [2.75, 3.05) is 7.11 Å². The smallest absolute Gasteiger partial charge is 0.186 e. The zero-order valence-electron chi connectivity index (χ0n) is 10.3. The van der Waals surface area contributed by atoms with Crippen molar-refractivity contribution < 1.29 is 9.53 Å². The zero-order valence-corrected chi connectivity index (χ0v) is 11.8. The van der Waals surface area contributed by atoms with Crippen LogP contribution in [0.2, 0.25) is 5.02 Å². The van der Waals surface area contributed by atoms with E-state index in [0.29, 0.717) is 16.3 Å². The van der Waals surface area contributed by atoms with Crippen molar-refractivity contribution in [3.63, 3.8) is 0 Å². The van der Waals surface area contributed by atoms with Crippen LogP contribution in [0.25, 0.3) is 0 Å². The van der Waals surface area contributed by atoms with Gasteiger partial charge in [0.05, 0.1) is 12.1 Å². The summed E-state index contributed by atoms with van der Waals surface area (Å²) in [5.41, 5.74) is 1.15. The number of Topliss-reactive ketones (excluding diaryl/α,β-unsaturated/α-hetero) is 1. The van der Waals surface area contributed by atoms with Gasteiger partial charge in [0, 0.05) is 5.56 Å². The van der Waals surface area contributed by atoms with E-state index in [9.17, 15) is 4.79 Å². The highest BCUT2D eigenvalue weighted by Gasteiger charge is 2.21. The maximum absolute atomic E-state index is 12.3. The fraction of sp³-hybridized carbons (Fsp3) is 0.133. The Morgan fingerprint density at radius 1 is 1.16 bits per heavy atom. The van der Waals surface area contributed by atoms with Gasteiger partial charge in [0.25, 0.3) is 0 Å². The molecule has 2 aromatic carbocycles. The van der Waals surface area contributed by atoms with Crippen LogP contribution in [-0.4, -0.2) is 12.9 Å². The van der Waals surface area contributed by atoms with Crippen molar-refractivity contribution in [1.82, 2.24) is 0 Å². The van der Waals surface area contributed by atoms with Gasteiger partial charge in [-0.15, -0.1) is 11.6 Å². The number of methoxy groups -OCH3 is 1. The summed E-state index contributed by atoms with van der Waals surface area (Å²) < 4.78 is 5.05. The van der Waals surface area contributed by atoms with Crippen LogP contribution in [0.1, 0.15) is 21.3 Å². The molecule has 0 fully saturated rings. The number of benzene rings is 2. The molecule has 0 spiro atoms. The first-order chi connectivity index (χ1) is 9.13. The lowest BCUT2D eigenvalue weighted by atomic mass is 10.0. The van der Waals surface area contributed by atoms with Gasteiger partial charge >= 0.3 is 0 Å². The summed E-state index contributed by atoms with van der Waals surface area (Å²) in [5, 5.41) is -0.405. The summed E-state index contributed by atoms with van der Waals surface area (Å²) in [4.78, 5) is 12.3. The Kier molecular flexibility index (Phi) is 4.46. The van der Waals surface area contributed by atoms with Crippen LogP contribution in [0, 0.1) is 0 Å². The monoisotopic (exact) mass is 294 g/mol.